The van der Waals surface area contributed by atoms with Crippen LogP contribution in [0.4, 0.5) is 0 Å². The van der Waals surface area contributed by atoms with Crippen molar-refractivity contribution in [3.8, 4) is 22.8 Å². The summed E-state index contributed by atoms with van der Waals surface area (Å²) in [7, 11) is 3.30. The van der Waals surface area contributed by atoms with E-state index in [1.165, 1.54) is 5.56 Å². The molecule has 0 spiro atoms. The molecule has 4 nitrogen and oxygen atoms in total. The van der Waals surface area contributed by atoms with Crippen LogP contribution in [0.25, 0.3) is 11.3 Å². The molecule has 0 aliphatic rings. The standard InChI is InChI=1S/C21H23NO3.ClH/c1-23-20-10-8-16(14-21(20)24-2)12-13-22-15-18-9-11-19(25-18)17-6-4-3-5-7-17;/h3-11,14,22H,12-13,15H2,1-2H3;1H. The van der Waals surface area contributed by atoms with Gasteiger partial charge >= 0.3 is 0 Å². The summed E-state index contributed by atoms with van der Waals surface area (Å²) in [5.74, 6) is 3.35. The Morgan fingerprint density at radius 3 is 2.38 bits per heavy atom. The third kappa shape index (κ3) is 5.04. The topological polar surface area (TPSA) is 43.6 Å². The first kappa shape index (κ1) is 19.9. The van der Waals surface area contributed by atoms with Crippen LogP contribution in [0.5, 0.6) is 11.5 Å². The Kier molecular flexibility index (Phi) is 7.57. The minimum absolute atomic E-state index is 0. The molecule has 0 saturated carbocycles. The highest BCUT2D eigenvalue weighted by molar-refractivity contribution is 5.85. The lowest BCUT2D eigenvalue weighted by molar-refractivity contribution is 0.354. The maximum absolute atomic E-state index is 5.89. The molecule has 1 heterocycles. The lowest BCUT2D eigenvalue weighted by Crippen LogP contribution is -2.16. The Balaban J connectivity index is 0.00000243. The third-order valence-corrected chi connectivity index (χ3v) is 4.06. The average molecular weight is 374 g/mol. The lowest BCUT2D eigenvalue weighted by Gasteiger charge is -2.09. The third-order valence-electron chi connectivity index (χ3n) is 4.06. The maximum atomic E-state index is 5.89. The Morgan fingerprint density at radius 1 is 0.885 bits per heavy atom. The summed E-state index contributed by atoms with van der Waals surface area (Å²) in [6, 6.07) is 20.2. The van der Waals surface area contributed by atoms with E-state index in [0.717, 1.165) is 41.5 Å². The first-order valence-electron chi connectivity index (χ1n) is 8.36. The van der Waals surface area contributed by atoms with Crippen LogP contribution in [0.1, 0.15) is 11.3 Å². The number of benzene rings is 2. The summed E-state index contributed by atoms with van der Waals surface area (Å²) >= 11 is 0. The van der Waals surface area contributed by atoms with Crippen LogP contribution in [0.2, 0.25) is 0 Å². The van der Waals surface area contributed by atoms with Crippen LogP contribution < -0.4 is 14.8 Å². The number of nitrogens with one attached hydrogen (secondary N) is 1. The second kappa shape index (κ2) is 9.90. The van der Waals surface area contributed by atoms with E-state index in [4.69, 9.17) is 13.9 Å². The smallest absolute Gasteiger partial charge is 0.160 e. The van der Waals surface area contributed by atoms with Gasteiger partial charge < -0.3 is 19.2 Å². The SMILES string of the molecule is COc1ccc(CCNCc2ccc(-c3ccccc3)o2)cc1OC.Cl. The van der Waals surface area contributed by atoms with Crippen LogP contribution in [-0.2, 0) is 13.0 Å². The molecule has 0 fully saturated rings. The Bertz CT molecular complexity index is 802. The molecule has 0 atom stereocenters. The number of hydrogen-bond donors (Lipinski definition) is 1. The van der Waals surface area contributed by atoms with Crippen molar-refractivity contribution in [2.75, 3.05) is 20.8 Å². The highest BCUT2D eigenvalue weighted by Crippen LogP contribution is 2.27. The van der Waals surface area contributed by atoms with Crippen molar-refractivity contribution >= 4 is 12.4 Å². The van der Waals surface area contributed by atoms with Gasteiger partial charge in [-0.25, -0.2) is 0 Å². The van der Waals surface area contributed by atoms with Crippen LogP contribution in [-0.4, -0.2) is 20.8 Å². The van der Waals surface area contributed by atoms with E-state index >= 15 is 0 Å². The van der Waals surface area contributed by atoms with E-state index in [9.17, 15) is 0 Å². The van der Waals surface area contributed by atoms with Gasteiger partial charge in [-0.1, -0.05) is 36.4 Å². The fourth-order valence-corrected chi connectivity index (χ4v) is 2.71. The van der Waals surface area contributed by atoms with E-state index < -0.39 is 0 Å². The van der Waals surface area contributed by atoms with Gasteiger partial charge in [0.2, 0.25) is 0 Å². The van der Waals surface area contributed by atoms with Gasteiger partial charge in [0.15, 0.2) is 11.5 Å². The van der Waals surface area contributed by atoms with Crippen LogP contribution in [0.3, 0.4) is 0 Å². The molecule has 1 N–H and O–H groups in total. The molecule has 2 aromatic carbocycles. The molecule has 3 rings (SSSR count). The summed E-state index contributed by atoms with van der Waals surface area (Å²) in [6.07, 6.45) is 0.909. The van der Waals surface area contributed by atoms with Gasteiger partial charge in [-0.2, -0.15) is 0 Å². The molecule has 26 heavy (non-hydrogen) atoms. The normalized spacial score (nSPS) is 10.2. The van der Waals surface area contributed by atoms with Gasteiger partial charge in [-0.3, -0.25) is 0 Å². The van der Waals surface area contributed by atoms with E-state index in [1.807, 2.05) is 54.6 Å². The minimum atomic E-state index is 0. The summed E-state index contributed by atoms with van der Waals surface area (Å²) in [5, 5.41) is 3.42. The number of ether oxygens (including phenoxy) is 2. The number of furan rings is 1. The molecule has 0 aliphatic carbocycles. The predicted octanol–water partition coefficient (Wildman–Crippen LogP) is 4.72. The fourth-order valence-electron chi connectivity index (χ4n) is 2.71. The van der Waals surface area contributed by atoms with Gasteiger partial charge in [0.25, 0.3) is 0 Å². The highest BCUT2D eigenvalue weighted by atomic mass is 35.5. The highest BCUT2D eigenvalue weighted by Gasteiger charge is 2.06. The van der Waals surface area contributed by atoms with Crippen molar-refractivity contribution in [2.45, 2.75) is 13.0 Å². The van der Waals surface area contributed by atoms with Crippen LogP contribution in [0, 0.1) is 0 Å². The molecule has 0 bridgehead atoms. The van der Waals surface area contributed by atoms with Gasteiger partial charge in [-0.15, -0.1) is 12.4 Å². The van der Waals surface area contributed by atoms with Crippen LogP contribution in [0.15, 0.2) is 65.1 Å². The number of hydrogen-bond acceptors (Lipinski definition) is 4. The summed E-state index contributed by atoms with van der Waals surface area (Å²) < 4.78 is 16.5. The molecule has 0 aliphatic heterocycles. The molecular formula is C21H24ClNO3. The van der Waals surface area contributed by atoms with Gasteiger partial charge in [0, 0.05) is 5.56 Å². The van der Waals surface area contributed by atoms with Crippen molar-refractivity contribution in [1.82, 2.24) is 5.32 Å². The predicted molar refractivity (Wildman–Crippen MR) is 106 cm³/mol. The molecule has 1 aromatic heterocycles. The van der Waals surface area contributed by atoms with E-state index in [1.54, 1.807) is 14.2 Å². The molecule has 0 radical (unpaired) electrons. The second-order valence-electron chi connectivity index (χ2n) is 5.75. The van der Waals surface area contributed by atoms with Gasteiger partial charge in [-0.05, 0) is 42.8 Å². The van der Waals surface area contributed by atoms with Crippen molar-refractivity contribution in [3.05, 3.63) is 72.0 Å². The largest absolute Gasteiger partial charge is 0.493 e. The molecule has 0 saturated heterocycles. The fraction of sp³-hybridized carbons (Fsp3) is 0.238. The van der Waals surface area contributed by atoms with Gasteiger partial charge in [0.1, 0.15) is 11.5 Å². The van der Waals surface area contributed by atoms with Crippen LogP contribution >= 0.6 is 12.4 Å². The number of rotatable bonds is 8. The quantitative estimate of drug-likeness (QED) is 0.580. The van der Waals surface area contributed by atoms with E-state index in [0.29, 0.717) is 6.54 Å². The van der Waals surface area contributed by atoms with Crippen molar-refractivity contribution in [1.29, 1.82) is 0 Å². The van der Waals surface area contributed by atoms with Crippen molar-refractivity contribution in [2.24, 2.45) is 0 Å². The van der Waals surface area contributed by atoms with Crippen molar-refractivity contribution in [3.63, 3.8) is 0 Å². The minimum Gasteiger partial charge on any atom is -0.493 e. The monoisotopic (exact) mass is 373 g/mol. The first-order chi connectivity index (χ1) is 12.3. The Morgan fingerprint density at radius 2 is 1.65 bits per heavy atom. The Hall–Kier alpha value is -2.43. The maximum Gasteiger partial charge on any atom is 0.160 e. The van der Waals surface area contributed by atoms with Gasteiger partial charge in [0.05, 0.1) is 20.8 Å². The van der Waals surface area contributed by atoms with E-state index in [-0.39, 0.29) is 12.4 Å². The molecule has 3 aromatic rings. The Labute approximate surface area is 160 Å². The average Bonchev–Trinajstić information content (AvgIpc) is 3.14. The first-order valence-corrected chi connectivity index (χ1v) is 8.36. The molecule has 138 valence electrons. The lowest BCUT2D eigenvalue weighted by atomic mass is 10.1. The number of halogens is 1. The van der Waals surface area contributed by atoms with E-state index in [2.05, 4.69) is 11.4 Å². The summed E-state index contributed by atoms with van der Waals surface area (Å²) in [6.45, 7) is 1.57. The zero-order valence-electron chi connectivity index (χ0n) is 15.0. The van der Waals surface area contributed by atoms with Crippen molar-refractivity contribution < 1.29 is 13.9 Å². The molecule has 0 unspecified atom stereocenters. The summed E-state index contributed by atoms with van der Waals surface area (Å²) in [5.41, 5.74) is 2.30. The molecule has 0 amide bonds. The molecule has 5 heteroatoms. The summed E-state index contributed by atoms with van der Waals surface area (Å²) in [4.78, 5) is 0. The number of methoxy groups -OCH3 is 2. The second-order valence-corrected chi connectivity index (χ2v) is 5.75. The molecular weight excluding hydrogens is 350 g/mol. The zero-order chi connectivity index (χ0) is 17.5. The zero-order valence-corrected chi connectivity index (χ0v) is 15.8.